The number of anilines is 1. The van der Waals surface area contributed by atoms with Gasteiger partial charge in [0.25, 0.3) is 0 Å². The predicted molar refractivity (Wildman–Crippen MR) is 98.4 cm³/mol. The number of hydrogen-bond donors (Lipinski definition) is 0. The molecule has 1 amide bonds. The summed E-state index contributed by atoms with van der Waals surface area (Å²) < 4.78 is 2.13. The summed E-state index contributed by atoms with van der Waals surface area (Å²) in [6.45, 7) is 8.72. The van der Waals surface area contributed by atoms with Crippen LogP contribution in [0.25, 0.3) is 0 Å². The highest BCUT2D eigenvalue weighted by Gasteiger charge is 2.21. The maximum absolute atomic E-state index is 12.4. The third-order valence-electron chi connectivity index (χ3n) is 4.81. The predicted octanol–water partition coefficient (Wildman–Crippen LogP) is 3.23. The van der Waals surface area contributed by atoms with E-state index in [1.54, 1.807) is 0 Å². The first kappa shape index (κ1) is 16.6. The molecule has 1 fully saturated rings. The first-order valence-corrected chi connectivity index (χ1v) is 8.84. The summed E-state index contributed by atoms with van der Waals surface area (Å²) in [6, 6.07) is 10.6. The van der Waals surface area contributed by atoms with E-state index in [0.29, 0.717) is 12.3 Å². The largest absolute Gasteiger partial charge is 0.368 e. The first-order chi connectivity index (χ1) is 11.6. The second kappa shape index (κ2) is 7.56. The maximum Gasteiger partial charge on any atom is 0.222 e. The summed E-state index contributed by atoms with van der Waals surface area (Å²) in [5.41, 5.74) is 3.92. The molecule has 24 heavy (non-hydrogen) atoms. The lowest BCUT2D eigenvalue weighted by molar-refractivity contribution is -0.131. The minimum absolute atomic E-state index is 0.294. The molecule has 0 bridgehead atoms. The van der Waals surface area contributed by atoms with Gasteiger partial charge in [-0.05, 0) is 49.6 Å². The van der Waals surface area contributed by atoms with Gasteiger partial charge in [0.15, 0.2) is 0 Å². The van der Waals surface area contributed by atoms with Gasteiger partial charge in [0, 0.05) is 57.2 Å². The highest BCUT2D eigenvalue weighted by molar-refractivity contribution is 5.76. The van der Waals surface area contributed by atoms with E-state index in [1.165, 1.54) is 16.8 Å². The zero-order valence-corrected chi connectivity index (χ0v) is 14.7. The van der Waals surface area contributed by atoms with Crippen LogP contribution in [0.4, 0.5) is 5.69 Å². The molecule has 4 nitrogen and oxygen atoms in total. The highest BCUT2D eigenvalue weighted by Crippen LogP contribution is 2.23. The summed E-state index contributed by atoms with van der Waals surface area (Å²) in [6.07, 6.45) is 5.65. The van der Waals surface area contributed by atoms with Crippen LogP contribution in [-0.2, 0) is 11.3 Å². The van der Waals surface area contributed by atoms with E-state index >= 15 is 0 Å². The van der Waals surface area contributed by atoms with E-state index in [1.807, 2.05) is 29.4 Å². The van der Waals surface area contributed by atoms with E-state index in [0.717, 1.165) is 39.1 Å². The monoisotopic (exact) mass is 325 g/mol. The van der Waals surface area contributed by atoms with Crippen molar-refractivity contribution in [2.24, 2.45) is 0 Å². The number of aromatic nitrogens is 1. The van der Waals surface area contributed by atoms with Crippen LogP contribution in [-0.4, -0.2) is 41.6 Å². The minimum Gasteiger partial charge on any atom is -0.368 e. The lowest BCUT2D eigenvalue weighted by atomic mass is 10.1. The number of carbonyl (C=O) groups is 1. The third kappa shape index (κ3) is 3.99. The maximum atomic E-state index is 12.4. The Morgan fingerprint density at radius 3 is 2.46 bits per heavy atom. The standard InChI is InChI=1S/C20H27N3O/c1-17-7-8-18(2)19(16-17)22-12-14-23(15-13-22)20(24)6-5-11-21-9-3-4-10-21/h3-4,7-10,16H,5-6,11-15H2,1-2H3. The molecule has 2 aromatic rings. The summed E-state index contributed by atoms with van der Waals surface area (Å²) in [7, 11) is 0. The first-order valence-electron chi connectivity index (χ1n) is 8.84. The van der Waals surface area contributed by atoms with Gasteiger partial charge in [-0.2, -0.15) is 0 Å². The molecule has 1 aliphatic heterocycles. The van der Waals surface area contributed by atoms with Crippen LogP contribution in [0, 0.1) is 13.8 Å². The molecule has 128 valence electrons. The van der Waals surface area contributed by atoms with E-state index in [-0.39, 0.29) is 0 Å². The summed E-state index contributed by atoms with van der Waals surface area (Å²) in [5.74, 6) is 0.294. The van der Waals surface area contributed by atoms with Crippen molar-refractivity contribution in [1.29, 1.82) is 0 Å². The van der Waals surface area contributed by atoms with Crippen molar-refractivity contribution in [3.05, 3.63) is 53.9 Å². The van der Waals surface area contributed by atoms with Crippen molar-refractivity contribution in [3.63, 3.8) is 0 Å². The van der Waals surface area contributed by atoms with Crippen molar-refractivity contribution in [3.8, 4) is 0 Å². The van der Waals surface area contributed by atoms with Crippen LogP contribution in [0.5, 0.6) is 0 Å². The second-order valence-corrected chi connectivity index (χ2v) is 6.68. The van der Waals surface area contributed by atoms with Crippen molar-refractivity contribution in [2.45, 2.75) is 33.2 Å². The van der Waals surface area contributed by atoms with E-state index < -0.39 is 0 Å². The Kier molecular flexibility index (Phi) is 5.24. The van der Waals surface area contributed by atoms with Gasteiger partial charge in [0.05, 0.1) is 0 Å². The molecule has 1 saturated heterocycles. The van der Waals surface area contributed by atoms with E-state index in [2.05, 4.69) is 41.5 Å². The average molecular weight is 325 g/mol. The van der Waals surface area contributed by atoms with Crippen molar-refractivity contribution >= 4 is 11.6 Å². The Bertz CT molecular complexity index is 670. The normalized spacial score (nSPS) is 14.9. The molecule has 1 aromatic carbocycles. The molecule has 2 heterocycles. The molecule has 1 aromatic heterocycles. The fourth-order valence-corrected chi connectivity index (χ4v) is 3.35. The molecule has 0 N–H and O–H groups in total. The number of carbonyl (C=O) groups excluding carboxylic acids is 1. The van der Waals surface area contributed by atoms with Crippen LogP contribution >= 0.6 is 0 Å². The van der Waals surface area contributed by atoms with Gasteiger partial charge in [-0.1, -0.05) is 12.1 Å². The molecule has 0 radical (unpaired) electrons. The third-order valence-corrected chi connectivity index (χ3v) is 4.81. The van der Waals surface area contributed by atoms with Crippen LogP contribution < -0.4 is 4.90 Å². The van der Waals surface area contributed by atoms with Crippen LogP contribution in [0.2, 0.25) is 0 Å². The zero-order chi connectivity index (χ0) is 16.9. The van der Waals surface area contributed by atoms with Gasteiger partial charge >= 0.3 is 0 Å². The Hall–Kier alpha value is -2.23. The number of piperazine rings is 1. The second-order valence-electron chi connectivity index (χ2n) is 6.68. The number of benzene rings is 1. The quantitative estimate of drug-likeness (QED) is 0.844. The molecule has 4 heteroatoms. The average Bonchev–Trinajstić information content (AvgIpc) is 3.10. The van der Waals surface area contributed by atoms with Crippen LogP contribution in [0.1, 0.15) is 24.0 Å². The molecule has 3 rings (SSSR count). The highest BCUT2D eigenvalue weighted by atomic mass is 16.2. The Morgan fingerprint density at radius 2 is 1.75 bits per heavy atom. The fourth-order valence-electron chi connectivity index (χ4n) is 3.35. The van der Waals surface area contributed by atoms with Crippen LogP contribution in [0.15, 0.2) is 42.7 Å². The molecule has 0 unspecified atom stereocenters. The summed E-state index contributed by atoms with van der Waals surface area (Å²) >= 11 is 0. The zero-order valence-electron chi connectivity index (χ0n) is 14.7. The van der Waals surface area contributed by atoms with Gasteiger partial charge in [0.2, 0.25) is 5.91 Å². The Balaban J connectivity index is 1.47. The van der Waals surface area contributed by atoms with Crippen molar-refractivity contribution in [1.82, 2.24) is 9.47 Å². The van der Waals surface area contributed by atoms with Crippen molar-refractivity contribution < 1.29 is 4.79 Å². The SMILES string of the molecule is Cc1ccc(C)c(N2CCN(C(=O)CCCn3cccc3)CC2)c1. The topological polar surface area (TPSA) is 28.5 Å². The summed E-state index contributed by atoms with van der Waals surface area (Å²) in [4.78, 5) is 16.8. The summed E-state index contributed by atoms with van der Waals surface area (Å²) in [5, 5.41) is 0. The minimum atomic E-state index is 0.294. The number of nitrogens with zero attached hydrogens (tertiary/aromatic N) is 3. The molecule has 0 saturated carbocycles. The smallest absolute Gasteiger partial charge is 0.222 e. The molecule has 0 atom stereocenters. The number of hydrogen-bond acceptors (Lipinski definition) is 2. The van der Waals surface area contributed by atoms with Gasteiger partial charge in [-0.15, -0.1) is 0 Å². The van der Waals surface area contributed by atoms with Crippen LogP contribution in [0.3, 0.4) is 0 Å². The lowest BCUT2D eigenvalue weighted by Crippen LogP contribution is -2.49. The molecule has 0 spiro atoms. The molecular formula is C20H27N3O. The Labute approximate surface area is 144 Å². The number of amides is 1. The molecule has 0 aliphatic carbocycles. The van der Waals surface area contributed by atoms with Gasteiger partial charge < -0.3 is 14.4 Å². The van der Waals surface area contributed by atoms with Gasteiger partial charge in [-0.25, -0.2) is 0 Å². The molecule has 1 aliphatic rings. The Morgan fingerprint density at radius 1 is 1.04 bits per heavy atom. The lowest BCUT2D eigenvalue weighted by Gasteiger charge is -2.37. The number of rotatable bonds is 5. The molecular weight excluding hydrogens is 298 g/mol. The van der Waals surface area contributed by atoms with E-state index in [9.17, 15) is 4.79 Å². The van der Waals surface area contributed by atoms with Gasteiger partial charge in [-0.3, -0.25) is 4.79 Å². The van der Waals surface area contributed by atoms with Crippen molar-refractivity contribution in [2.75, 3.05) is 31.1 Å². The fraction of sp³-hybridized carbons (Fsp3) is 0.450. The van der Waals surface area contributed by atoms with E-state index in [4.69, 9.17) is 0 Å². The van der Waals surface area contributed by atoms with Gasteiger partial charge in [0.1, 0.15) is 0 Å². The number of aryl methyl sites for hydroxylation is 3.